The highest BCUT2D eigenvalue weighted by atomic mass is 16.5. The molecule has 0 spiro atoms. The van der Waals surface area contributed by atoms with Crippen LogP contribution in [0.5, 0.6) is 0 Å². The van der Waals surface area contributed by atoms with Gasteiger partial charge in [0.1, 0.15) is 24.2 Å². The summed E-state index contributed by atoms with van der Waals surface area (Å²) in [5, 5.41) is 8.55. The lowest BCUT2D eigenvalue weighted by atomic mass is 9.84. The number of esters is 1. The van der Waals surface area contributed by atoms with Crippen molar-refractivity contribution in [2.24, 2.45) is 11.8 Å². The topological polar surface area (TPSA) is 114 Å². The van der Waals surface area contributed by atoms with Crippen LogP contribution < -0.4 is 16.0 Å². The van der Waals surface area contributed by atoms with Crippen LogP contribution in [0.15, 0.2) is 60.7 Å². The normalized spacial score (nSPS) is 23.4. The Labute approximate surface area is 244 Å². The first kappa shape index (κ1) is 31.8. The molecule has 41 heavy (non-hydrogen) atoms. The third-order valence-electron chi connectivity index (χ3n) is 7.61. The van der Waals surface area contributed by atoms with Crippen LogP contribution >= 0.6 is 0 Å². The molecule has 8 nitrogen and oxygen atoms in total. The summed E-state index contributed by atoms with van der Waals surface area (Å²) < 4.78 is 5.96. The number of hydrogen-bond acceptors (Lipinski definition) is 5. The number of nitrogens with one attached hydrogen (secondary N) is 3. The molecule has 3 N–H and O–H groups in total. The molecular weight excluding hydrogens is 518 g/mol. The van der Waals surface area contributed by atoms with Crippen LogP contribution in [0.3, 0.4) is 0 Å². The molecule has 1 aliphatic rings. The van der Waals surface area contributed by atoms with Gasteiger partial charge >= 0.3 is 5.97 Å². The summed E-state index contributed by atoms with van der Waals surface area (Å²) in [5.74, 6) is -2.43. The van der Waals surface area contributed by atoms with E-state index in [2.05, 4.69) is 22.9 Å². The van der Waals surface area contributed by atoms with Crippen molar-refractivity contribution in [1.82, 2.24) is 16.0 Å². The van der Waals surface area contributed by atoms with E-state index in [1.54, 1.807) is 6.92 Å². The first-order valence-corrected chi connectivity index (χ1v) is 14.8. The van der Waals surface area contributed by atoms with Crippen LogP contribution in [-0.4, -0.2) is 47.9 Å². The lowest BCUT2D eigenvalue weighted by Crippen LogP contribution is -2.56. The van der Waals surface area contributed by atoms with Crippen molar-refractivity contribution in [3.05, 3.63) is 71.8 Å². The van der Waals surface area contributed by atoms with Crippen molar-refractivity contribution in [1.29, 1.82) is 0 Å². The number of cyclic esters (lactones) is 1. The van der Waals surface area contributed by atoms with Gasteiger partial charge in [0, 0.05) is 5.92 Å². The third kappa shape index (κ3) is 9.17. The largest absolute Gasteiger partial charge is 0.460 e. The van der Waals surface area contributed by atoms with Crippen LogP contribution in [-0.2, 0) is 23.9 Å². The molecule has 0 aromatic heterocycles. The standard InChI is InChI=1S/C33H45N3O5/c1-6-7-14-22(4)27-20-28(37)36-30(29(24-15-10-8-11-16-24)25-17-12-9-13-18-25)32(39)34-23(5)31(38)35-26(19-21(2)3)33(40)41-27/h8-13,15-18,21-23,26-27,29-30H,6-7,14,19-20H2,1-5H3,(H,34,39)(H,35,38)(H,36,37)/t22-,23-,26+,27-,30+/m0/s1. The molecule has 8 heteroatoms. The average Bonchev–Trinajstić information content (AvgIpc) is 2.95. The van der Waals surface area contributed by atoms with Gasteiger partial charge in [0.05, 0.1) is 6.42 Å². The summed E-state index contributed by atoms with van der Waals surface area (Å²) in [6, 6.07) is 16.2. The third-order valence-corrected chi connectivity index (χ3v) is 7.61. The van der Waals surface area contributed by atoms with E-state index >= 15 is 0 Å². The second-order valence-electron chi connectivity index (χ2n) is 11.6. The van der Waals surface area contributed by atoms with Crippen LogP contribution in [0.1, 0.15) is 83.8 Å². The zero-order valence-corrected chi connectivity index (χ0v) is 24.9. The van der Waals surface area contributed by atoms with Gasteiger partial charge in [0.25, 0.3) is 0 Å². The summed E-state index contributed by atoms with van der Waals surface area (Å²) in [4.78, 5) is 54.1. The smallest absolute Gasteiger partial charge is 0.328 e. The second kappa shape index (κ2) is 15.4. The quantitative estimate of drug-likeness (QED) is 0.390. The van der Waals surface area contributed by atoms with Crippen molar-refractivity contribution in [3.63, 3.8) is 0 Å². The number of unbranched alkanes of at least 4 members (excludes halogenated alkanes) is 1. The summed E-state index contributed by atoms with van der Waals surface area (Å²) in [7, 11) is 0. The number of carbonyl (C=O) groups is 4. The summed E-state index contributed by atoms with van der Waals surface area (Å²) >= 11 is 0. The molecule has 1 heterocycles. The van der Waals surface area contributed by atoms with Gasteiger partial charge in [-0.15, -0.1) is 0 Å². The number of rotatable bonds is 9. The molecule has 1 fully saturated rings. The average molecular weight is 564 g/mol. The highest BCUT2D eigenvalue weighted by molar-refractivity contribution is 5.94. The van der Waals surface area contributed by atoms with Gasteiger partial charge < -0.3 is 20.7 Å². The first-order valence-electron chi connectivity index (χ1n) is 14.8. The number of benzene rings is 2. The molecule has 222 valence electrons. The predicted molar refractivity (Wildman–Crippen MR) is 159 cm³/mol. The molecule has 0 radical (unpaired) electrons. The minimum Gasteiger partial charge on any atom is -0.460 e. The number of carbonyl (C=O) groups excluding carboxylic acids is 4. The minimum atomic E-state index is -1.02. The minimum absolute atomic E-state index is 0.0876. The van der Waals surface area contributed by atoms with Gasteiger partial charge in [-0.05, 0) is 42.7 Å². The fraction of sp³-hybridized carbons (Fsp3) is 0.515. The Morgan fingerprint density at radius 2 is 1.41 bits per heavy atom. The van der Waals surface area contributed by atoms with Crippen LogP contribution in [0, 0.1) is 11.8 Å². The molecular formula is C33H45N3O5. The van der Waals surface area contributed by atoms with Crippen molar-refractivity contribution in [3.8, 4) is 0 Å². The fourth-order valence-electron chi connectivity index (χ4n) is 5.27. The molecule has 2 aromatic rings. The molecule has 1 saturated heterocycles. The van der Waals surface area contributed by atoms with E-state index < -0.39 is 53.8 Å². The summed E-state index contributed by atoms with van der Waals surface area (Å²) in [5.41, 5.74) is 1.69. The zero-order chi connectivity index (χ0) is 29.9. The van der Waals surface area contributed by atoms with Gasteiger partial charge in [0.2, 0.25) is 17.7 Å². The number of hydrogen-bond donors (Lipinski definition) is 3. The maximum Gasteiger partial charge on any atom is 0.328 e. The van der Waals surface area contributed by atoms with Crippen LogP contribution in [0.2, 0.25) is 0 Å². The van der Waals surface area contributed by atoms with Crippen molar-refractivity contribution >= 4 is 23.7 Å². The predicted octanol–water partition coefficient (Wildman–Crippen LogP) is 4.48. The zero-order valence-electron chi connectivity index (χ0n) is 24.9. The Balaban J connectivity index is 2.05. The SMILES string of the molecule is CCCC[C@H](C)[C@@H]1CC(=O)N[C@H](C(c2ccccc2)c2ccccc2)C(=O)N[C@@H](C)C(=O)N[C@H](CC(C)C)C(=O)O1. The van der Waals surface area contributed by atoms with E-state index in [0.717, 1.165) is 30.4 Å². The van der Waals surface area contributed by atoms with Gasteiger partial charge in [0.15, 0.2) is 0 Å². The molecule has 0 unspecified atom stereocenters. The highest BCUT2D eigenvalue weighted by Crippen LogP contribution is 2.29. The van der Waals surface area contributed by atoms with E-state index in [9.17, 15) is 19.2 Å². The van der Waals surface area contributed by atoms with E-state index in [4.69, 9.17) is 4.74 Å². The van der Waals surface area contributed by atoms with Crippen molar-refractivity contribution in [2.45, 2.75) is 96.9 Å². The van der Waals surface area contributed by atoms with Gasteiger partial charge in [-0.2, -0.15) is 0 Å². The van der Waals surface area contributed by atoms with E-state index in [-0.39, 0.29) is 18.3 Å². The second-order valence-corrected chi connectivity index (χ2v) is 11.6. The summed E-state index contributed by atoms with van der Waals surface area (Å²) in [6.07, 6.45) is 2.26. The summed E-state index contributed by atoms with van der Waals surface area (Å²) in [6.45, 7) is 9.54. The molecule has 0 aliphatic carbocycles. The Morgan fingerprint density at radius 1 is 0.829 bits per heavy atom. The Morgan fingerprint density at radius 3 is 1.95 bits per heavy atom. The Kier molecular flexibility index (Phi) is 11.9. The lowest BCUT2D eigenvalue weighted by molar-refractivity contribution is -0.157. The fourth-order valence-corrected chi connectivity index (χ4v) is 5.27. The van der Waals surface area contributed by atoms with Crippen LogP contribution in [0.25, 0.3) is 0 Å². The van der Waals surface area contributed by atoms with E-state index in [0.29, 0.717) is 6.42 Å². The molecule has 0 bridgehead atoms. The molecule has 3 amide bonds. The lowest BCUT2D eigenvalue weighted by Gasteiger charge is -2.30. The van der Waals surface area contributed by atoms with Gasteiger partial charge in [-0.3, -0.25) is 14.4 Å². The molecule has 1 aliphatic heterocycles. The van der Waals surface area contributed by atoms with Gasteiger partial charge in [-0.25, -0.2) is 4.79 Å². The van der Waals surface area contributed by atoms with Crippen molar-refractivity contribution < 1.29 is 23.9 Å². The monoisotopic (exact) mass is 563 g/mol. The molecule has 0 saturated carbocycles. The Bertz CT molecular complexity index is 1110. The number of amides is 3. The maximum absolute atomic E-state index is 13.9. The molecule has 2 aromatic carbocycles. The Hall–Kier alpha value is -3.68. The number of ether oxygens (including phenoxy) is 1. The first-order chi connectivity index (χ1) is 19.6. The maximum atomic E-state index is 13.9. The van der Waals surface area contributed by atoms with Crippen molar-refractivity contribution in [2.75, 3.05) is 0 Å². The van der Waals surface area contributed by atoms with Gasteiger partial charge in [-0.1, -0.05) is 101 Å². The highest BCUT2D eigenvalue weighted by Gasteiger charge is 2.37. The van der Waals surface area contributed by atoms with E-state index in [1.807, 2.05) is 81.4 Å². The van der Waals surface area contributed by atoms with Crippen LogP contribution in [0.4, 0.5) is 0 Å². The van der Waals surface area contributed by atoms with E-state index in [1.165, 1.54) is 0 Å². The molecule has 3 rings (SSSR count). The molecule has 5 atom stereocenters.